The van der Waals surface area contributed by atoms with Gasteiger partial charge in [-0.25, -0.2) is 4.79 Å². The number of rotatable bonds is 8. The van der Waals surface area contributed by atoms with Crippen LogP contribution in [0.2, 0.25) is 0 Å². The van der Waals surface area contributed by atoms with Gasteiger partial charge in [0, 0.05) is 17.1 Å². The molecule has 8 nitrogen and oxygen atoms in total. The van der Waals surface area contributed by atoms with Crippen molar-refractivity contribution in [3.05, 3.63) is 44.7 Å². The van der Waals surface area contributed by atoms with Crippen LogP contribution in [0.5, 0.6) is 0 Å². The number of anilines is 1. The third-order valence-electron chi connectivity index (χ3n) is 4.48. The van der Waals surface area contributed by atoms with Crippen molar-refractivity contribution in [2.75, 3.05) is 17.7 Å². The fraction of sp³-hybridized carbons (Fsp3) is 0.286. The molecule has 0 saturated carbocycles. The Labute approximate surface area is 201 Å². The Morgan fingerprint density at radius 1 is 1.25 bits per heavy atom. The Morgan fingerprint density at radius 2 is 1.97 bits per heavy atom. The quantitative estimate of drug-likeness (QED) is 0.252. The van der Waals surface area contributed by atoms with Crippen molar-refractivity contribution in [1.29, 1.82) is 0 Å². The van der Waals surface area contributed by atoms with E-state index in [1.807, 2.05) is 35.9 Å². The molecule has 1 amide bonds. The van der Waals surface area contributed by atoms with Crippen LogP contribution in [0.4, 0.5) is 5.00 Å². The molecule has 0 aliphatic heterocycles. The Bertz CT molecular complexity index is 1190. The summed E-state index contributed by atoms with van der Waals surface area (Å²) < 4.78 is 7.80. The average Bonchev–Trinajstić information content (AvgIpc) is 3.26. The zero-order chi connectivity index (χ0) is 23.4. The van der Waals surface area contributed by atoms with Crippen molar-refractivity contribution in [3.8, 4) is 11.4 Å². The standard InChI is InChI=1S/C21H21BrN4O4S2/c1-5-30-20(29)16-11(2)17(12(3)27)32-19(16)23-15(28)10-31-21-25-24-18(26(21)4)13-8-6-7-9-14(13)22/h6-9H,5,10H2,1-4H3,(H,23,28). The first kappa shape index (κ1) is 24.1. The number of thiophene rings is 1. The molecule has 0 unspecified atom stereocenters. The van der Waals surface area contributed by atoms with E-state index in [0.29, 0.717) is 26.4 Å². The van der Waals surface area contributed by atoms with Gasteiger partial charge >= 0.3 is 5.97 Å². The number of carbonyl (C=O) groups is 3. The van der Waals surface area contributed by atoms with Crippen LogP contribution in [-0.2, 0) is 16.6 Å². The third kappa shape index (κ3) is 5.11. The normalized spacial score (nSPS) is 10.8. The first-order valence-corrected chi connectivity index (χ1v) is 12.2. The van der Waals surface area contributed by atoms with Gasteiger partial charge < -0.3 is 14.6 Å². The second kappa shape index (κ2) is 10.4. The number of benzene rings is 1. The maximum absolute atomic E-state index is 12.6. The highest BCUT2D eigenvalue weighted by Gasteiger charge is 2.25. The van der Waals surface area contributed by atoms with E-state index >= 15 is 0 Å². The zero-order valence-corrected chi connectivity index (χ0v) is 21.1. The summed E-state index contributed by atoms with van der Waals surface area (Å²) in [5.74, 6) is -0.349. The number of aromatic nitrogens is 3. The molecule has 3 aromatic rings. The van der Waals surface area contributed by atoms with Crippen LogP contribution in [0.25, 0.3) is 11.4 Å². The molecule has 0 fully saturated rings. The number of Topliss-reactive ketones (excluding diaryl/α,β-unsaturated/α-hetero) is 1. The molecule has 0 spiro atoms. The van der Waals surface area contributed by atoms with E-state index in [-0.39, 0.29) is 29.6 Å². The van der Waals surface area contributed by atoms with Crippen molar-refractivity contribution >= 4 is 61.7 Å². The van der Waals surface area contributed by atoms with Gasteiger partial charge in [0.1, 0.15) is 5.00 Å². The lowest BCUT2D eigenvalue weighted by Gasteiger charge is -2.07. The van der Waals surface area contributed by atoms with Crippen LogP contribution in [0.1, 0.15) is 39.4 Å². The molecule has 32 heavy (non-hydrogen) atoms. The van der Waals surface area contributed by atoms with Crippen LogP contribution in [0.15, 0.2) is 33.9 Å². The van der Waals surface area contributed by atoms with E-state index in [1.165, 1.54) is 18.7 Å². The number of hydrogen-bond acceptors (Lipinski definition) is 8. The molecule has 3 rings (SSSR count). The van der Waals surface area contributed by atoms with Crippen LogP contribution in [-0.4, -0.2) is 44.8 Å². The lowest BCUT2D eigenvalue weighted by atomic mass is 10.1. The molecule has 11 heteroatoms. The average molecular weight is 537 g/mol. The van der Waals surface area contributed by atoms with Crippen LogP contribution >= 0.6 is 39.0 Å². The molecule has 1 N–H and O–H groups in total. The van der Waals surface area contributed by atoms with E-state index < -0.39 is 5.97 Å². The molecule has 0 aliphatic carbocycles. The Balaban J connectivity index is 1.75. The van der Waals surface area contributed by atoms with Crippen LogP contribution in [0, 0.1) is 6.92 Å². The lowest BCUT2D eigenvalue weighted by molar-refractivity contribution is -0.113. The topological polar surface area (TPSA) is 103 Å². The summed E-state index contributed by atoms with van der Waals surface area (Å²) in [6.07, 6.45) is 0. The number of esters is 1. The fourth-order valence-electron chi connectivity index (χ4n) is 3.00. The van der Waals surface area contributed by atoms with E-state index in [1.54, 1.807) is 13.8 Å². The molecule has 0 bridgehead atoms. The maximum atomic E-state index is 12.6. The van der Waals surface area contributed by atoms with Gasteiger partial charge in [-0.2, -0.15) is 0 Å². The van der Waals surface area contributed by atoms with Crippen LogP contribution in [0.3, 0.4) is 0 Å². The summed E-state index contributed by atoms with van der Waals surface area (Å²) in [4.78, 5) is 37.3. The highest BCUT2D eigenvalue weighted by Crippen LogP contribution is 2.34. The summed E-state index contributed by atoms with van der Waals surface area (Å²) in [7, 11) is 1.83. The summed E-state index contributed by atoms with van der Waals surface area (Å²) in [5.41, 5.74) is 1.62. The van der Waals surface area contributed by atoms with Gasteiger partial charge in [-0.05, 0) is 32.4 Å². The second-order valence-corrected chi connectivity index (χ2v) is 9.54. The molecule has 2 heterocycles. The van der Waals surface area contributed by atoms with E-state index in [4.69, 9.17) is 4.74 Å². The number of ether oxygens (including phenoxy) is 1. The molecule has 168 valence electrons. The van der Waals surface area contributed by atoms with Gasteiger partial charge in [0.2, 0.25) is 5.91 Å². The Hall–Kier alpha value is -2.50. The monoisotopic (exact) mass is 536 g/mol. The van der Waals surface area contributed by atoms with E-state index in [0.717, 1.165) is 21.4 Å². The Morgan fingerprint density at radius 3 is 2.62 bits per heavy atom. The highest BCUT2D eigenvalue weighted by atomic mass is 79.9. The van der Waals surface area contributed by atoms with E-state index in [9.17, 15) is 14.4 Å². The minimum absolute atomic E-state index is 0.0521. The summed E-state index contributed by atoms with van der Waals surface area (Å²) in [5, 5.41) is 12.0. The van der Waals surface area contributed by atoms with Gasteiger partial charge in [-0.1, -0.05) is 45.9 Å². The predicted molar refractivity (Wildman–Crippen MR) is 129 cm³/mol. The van der Waals surface area contributed by atoms with Gasteiger partial charge in [0.25, 0.3) is 0 Å². The minimum atomic E-state index is -0.567. The molecule has 0 radical (unpaired) electrons. The van der Waals surface area contributed by atoms with E-state index in [2.05, 4.69) is 31.4 Å². The molecule has 1 aromatic carbocycles. The molecule has 0 aliphatic rings. The molecular formula is C21H21BrN4O4S2. The number of ketones is 1. The zero-order valence-electron chi connectivity index (χ0n) is 17.9. The van der Waals surface area contributed by atoms with Gasteiger partial charge in [-0.15, -0.1) is 21.5 Å². The SMILES string of the molecule is CCOC(=O)c1c(NC(=O)CSc2nnc(-c3ccccc3Br)n2C)sc(C(C)=O)c1C. The van der Waals surface area contributed by atoms with Crippen molar-refractivity contribution in [2.24, 2.45) is 7.05 Å². The number of hydrogen-bond donors (Lipinski definition) is 1. The van der Waals surface area contributed by atoms with Crippen molar-refractivity contribution in [2.45, 2.75) is 25.9 Å². The highest BCUT2D eigenvalue weighted by molar-refractivity contribution is 9.10. The number of thioether (sulfide) groups is 1. The van der Waals surface area contributed by atoms with Crippen molar-refractivity contribution < 1.29 is 19.1 Å². The number of nitrogens with one attached hydrogen (secondary N) is 1. The second-order valence-electron chi connectivity index (χ2n) is 6.72. The summed E-state index contributed by atoms with van der Waals surface area (Å²) >= 11 is 5.81. The first-order valence-electron chi connectivity index (χ1n) is 9.62. The molecular weight excluding hydrogens is 516 g/mol. The minimum Gasteiger partial charge on any atom is -0.462 e. The van der Waals surface area contributed by atoms with Crippen molar-refractivity contribution in [3.63, 3.8) is 0 Å². The Kier molecular flexibility index (Phi) is 7.86. The smallest absolute Gasteiger partial charge is 0.341 e. The number of nitrogens with zero attached hydrogens (tertiary/aromatic N) is 3. The predicted octanol–water partition coefficient (Wildman–Crippen LogP) is 4.72. The van der Waals surface area contributed by atoms with Crippen LogP contribution < -0.4 is 5.32 Å². The summed E-state index contributed by atoms with van der Waals surface area (Å²) in [6.45, 7) is 4.99. The van der Waals surface area contributed by atoms with Gasteiger partial charge in [-0.3, -0.25) is 9.59 Å². The number of carbonyl (C=O) groups excluding carboxylic acids is 3. The maximum Gasteiger partial charge on any atom is 0.341 e. The first-order chi connectivity index (χ1) is 15.2. The molecule has 0 atom stereocenters. The van der Waals surface area contributed by atoms with Gasteiger partial charge in [0.05, 0.1) is 22.8 Å². The summed E-state index contributed by atoms with van der Waals surface area (Å²) in [6, 6.07) is 7.68. The molecule has 2 aromatic heterocycles. The molecule has 0 saturated heterocycles. The largest absolute Gasteiger partial charge is 0.462 e. The third-order valence-corrected chi connectivity index (χ3v) is 7.50. The lowest BCUT2D eigenvalue weighted by Crippen LogP contribution is -2.16. The fourth-order valence-corrected chi connectivity index (χ4v) is 5.28. The van der Waals surface area contributed by atoms with Gasteiger partial charge in [0.15, 0.2) is 16.8 Å². The number of amides is 1. The van der Waals surface area contributed by atoms with Crippen molar-refractivity contribution in [1.82, 2.24) is 14.8 Å². The number of halogens is 1.